The molecule has 2 heterocycles. The van der Waals surface area contributed by atoms with Gasteiger partial charge in [-0.1, -0.05) is 24.3 Å². The molecule has 4 heteroatoms. The quantitative estimate of drug-likeness (QED) is 0.849. The number of nitrogens with two attached hydrogens (primary N) is 1. The third-order valence-corrected chi connectivity index (χ3v) is 3.52. The second-order valence-corrected chi connectivity index (χ2v) is 4.65. The van der Waals surface area contributed by atoms with E-state index in [-0.39, 0.29) is 6.04 Å². The fourth-order valence-electron chi connectivity index (χ4n) is 2.67. The van der Waals surface area contributed by atoms with E-state index in [1.54, 1.807) is 11.1 Å². The number of primary amides is 1. The molecule has 19 heavy (non-hydrogen) atoms. The Morgan fingerprint density at radius 2 is 2.00 bits per heavy atom. The molecule has 1 unspecified atom stereocenters. The summed E-state index contributed by atoms with van der Waals surface area (Å²) in [5.74, 6) is 0. The number of amides is 2. The van der Waals surface area contributed by atoms with Gasteiger partial charge in [-0.05, 0) is 36.6 Å². The molecule has 96 valence electrons. The van der Waals surface area contributed by atoms with Crippen LogP contribution in [0.4, 0.5) is 10.5 Å². The van der Waals surface area contributed by atoms with Gasteiger partial charge in [-0.2, -0.15) is 0 Å². The summed E-state index contributed by atoms with van der Waals surface area (Å²) in [6, 6.07) is 13.1. The Labute approximate surface area is 111 Å². The predicted octanol–water partition coefficient (Wildman–Crippen LogP) is 2.65. The molecule has 1 atom stereocenters. The molecule has 1 aliphatic rings. The van der Waals surface area contributed by atoms with Gasteiger partial charge in [-0.25, -0.2) is 4.79 Å². The number of hydrogen-bond donors (Lipinski definition) is 1. The van der Waals surface area contributed by atoms with E-state index in [2.05, 4.69) is 4.98 Å². The molecule has 2 N–H and O–H groups in total. The highest BCUT2D eigenvalue weighted by Gasteiger charge is 2.31. The molecule has 0 fully saturated rings. The van der Waals surface area contributed by atoms with Crippen molar-refractivity contribution in [2.75, 3.05) is 4.90 Å². The van der Waals surface area contributed by atoms with Crippen molar-refractivity contribution < 1.29 is 4.79 Å². The number of urea groups is 1. The molecule has 0 radical (unpaired) electrons. The van der Waals surface area contributed by atoms with E-state index in [1.807, 2.05) is 42.5 Å². The van der Waals surface area contributed by atoms with Crippen molar-refractivity contribution in [3.63, 3.8) is 0 Å². The van der Waals surface area contributed by atoms with Gasteiger partial charge in [0, 0.05) is 11.9 Å². The van der Waals surface area contributed by atoms with Gasteiger partial charge in [-0.15, -0.1) is 0 Å². The van der Waals surface area contributed by atoms with Gasteiger partial charge in [0.05, 0.1) is 11.7 Å². The van der Waals surface area contributed by atoms with Crippen molar-refractivity contribution in [2.24, 2.45) is 5.73 Å². The van der Waals surface area contributed by atoms with Crippen LogP contribution in [-0.4, -0.2) is 11.0 Å². The Balaban J connectivity index is 2.06. The number of carbonyl (C=O) groups excluding carboxylic acids is 1. The van der Waals surface area contributed by atoms with E-state index in [4.69, 9.17) is 5.73 Å². The topological polar surface area (TPSA) is 59.2 Å². The molecule has 0 aliphatic carbocycles. The summed E-state index contributed by atoms with van der Waals surface area (Å²) in [6.45, 7) is 0. The Morgan fingerprint density at radius 1 is 1.21 bits per heavy atom. The lowest BCUT2D eigenvalue weighted by molar-refractivity contribution is 0.250. The standard InChI is InChI=1S/C15H15N3O/c16-15(19)18-13-7-2-1-5-11(13)8-9-14(18)12-6-3-4-10-17-12/h1-7,10,14H,8-9H2,(H2,16,19). The Morgan fingerprint density at radius 3 is 2.74 bits per heavy atom. The van der Waals surface area contributed by atoms with E-state index in [9.17, 15) is 4.79 Å². The predicted molar refractivity (Wildman–Crippen MR) is 73.8 cm³/mol. The molecule has 0 bridgehead atoms. The maximum atomic E-state index is 11.8. The number of fused-ring (bicyclic) bond motifs is 1. The maximum absolute atomic E-state index is 11.8. The van der Waals surface area contributed by atoms with E-state index >= 15 is 0 Å². The van der Waals surface area contributed by atoms with Crippen LogP contribution in [0, 0.1) is 0 Å². The van der Waals surface area contributed by atoms with E-state index in [1.165, 1.54) is 0 Å². The lowest BCUT2D eigenvalue weighted by Crippen LogP contribution is -2.42. The summed E-state index contributed by atoms with van der Waals surface area (Å²) >= 11 is 0. The average molecular weight is 253 g/mol. The molecule has 1 aromatic carbocycles. The van der Waals surface area contributed by atoms with Crippen LogP contribution >= 0.6 is 0 Å². The van der Waals surface area contributed by atoms with Crippen LogP contribution in [0.15, 0.2) is 48.7 Å². The highest BCUT2D eigenvalue weighted by Crippen LogP contribution is 2.37. The molecule has 0 saturated carbocycles. The Hall–Kier alpha value is -2.36. The van der Waals surface area contributed by atoms with Crippen LogP contribution in [0.25, 0.3) is 0 Å². The minimum absolute atomic E-state index is 0.0754. The van der Waals surface area contributed by atoms with E-state index in [0.29, 0.717) is 0 Å². The lowest BCUT2D eigenvalue weighted by atomic mass is 9.94. The van der Waals surface area contributed by atoms with Gasteiger partial charge in [0.2, 0.25) is 0 Å². The van der Waals surface area contributed by atoms with Crippen molar-refractivity contribution >= 4 is 11.7 Å². The van der Waals surface area contributed by atoms with Crippen molar-refractivity contribution in [3.8, 4) is 0 Å². The van der Waals surface area contributed by atoms with Gasteiger partial charge in [0.15, 0.2) is 0 Å². The first-order chi connectivity index (χ1) is 9.27. The maximum Gasteiger partial charge on any atom is 0.319 e. The minimum Gasteiger partial charge on any atom is -0.351 e. The summed E-state index contributed by atoms with van der Waals surface area (Å²) in [6.07, 6.45) is 3.52. The largest absolute Gasteiger partial charge is 0.351 e. The first kappa shape index (κ1) is 11.7. The number of hydrogen-bond acceptors (Lipinski definition) is 2. The fraction of sp³-hybridized carbons (Fsp3) is 0.200. The number of anilines is 1. The third kappa shape index (κ3) is 2.05. The average Bonchev–Trinajstić information content (AvgIpc) is 2.46. The number of pyridine rings is 1. The van der Waals surface area contributed by atoms with E-state index < -0.39 is 6.03 Å². The fourth-order valence-corrected chi connectivity index (χ4v) is 2.67. The van der Waals surface area contributed by atoms with Crippen molar-refractivity contribution in [3.05, 3.63) is 59.9 Å². The van der Waals surface area contributed by atoms with Crippen LogP contribution in [0.1, 0.15) is 23.7 Å². The summed E-state index contributed by atoms with van der Waals surface area (Å²) < 4.78 is 0. The van der Waals surface area contributed by atoms with Gasteiger partial charge in [-0.3, -0.25) is 9.88 Å². The number of rotatable bonds is 1. The summed E-state index contributed by atoms with van der Waals surface area (Å²) in [7, 11) is 0. The molecular formula is C15H15N3O. The van der Waals surface area contributed by atoms with Crippen molar-refractivity contribution in [2.45, 2.75) is 18.9 Å². The summed E-state index contributed by atoms with van der Waals surface area (Å²) in [5.41, 5.74) is 8.51. The van der Waals surface area contributed by atoms with Crippen LogP contribution < -0.4 is 10.6 Å². The lowest BCUT2D eigenvalue weighted by Gasteiger charge is -2.35. The minimum atomic E-state index is -0.428. The molecule has 4 nitrogen and oxygen atoms in total. The van der Waals surface area contributed by atoms with Gasteiger partial charge < -0.3 is 5.73 Å². The monoisotopic (exact) mass is 253 g/mol. The molecule has 0 spiro atoms. The van der Waals surface area contributed by atoms with Crippen molar-refractivity contribution in [1.82, 2.24) is 4.98 Å². The van der Waals surface area contributed by atoms with Crippen LogP contribution in [-0.2, 0) is 6.42 Å². The molecule has 0 saturated heterocycles. The second-order valence-electron chi connectivity index (χ2n) is 4.65. The second kappa shape index (κ2) is 4.72. The molecule has 2 aromatic rings. The Kier molecular flexibility index (Phi) is 2.91. The van der Waals surface area contributed by atoms with Gasteiger partial charge in [0.1, 0.15) is 0 Å². The van der Waals surface area contributed by atoms with E-state index in [0.717, 1.165) is 29.8 Å². The highest BCUT2D eigenvalue weighted by molar-refractivity contribution is 5.92. The zero-order valence-corrected chi connectivity index (χ0v) is 10.5. The SMILES string of the molecule is NC(=O)N1c2ccccc2CCC1c1ccccn1. The molecule has 1 aromatic heterocycles. The third-order valence-electron chi connectivity index (χ3n) is 3.52. The summed E-state index contributed by atoms with van der Waals surface area (Å²) in [5, 5.41) is 0. The zero-order chi connectivity index (χ0) is 13.2. The van der Waals surface area contributed by atoms with Crippen LogP contribution in [0.5, 0.6) is 0 Å². The molecular weight excluding hydrogens is 238 g/mol. The molecule has 2 amide bonds. The first-order valence-electron chi connectivity index (χ1n) is 6.35. The zero-order valence-electron chi connectivity index (χ0n) is 10.5. The number of para-hydroxylation sites is 1. The summed E-state index contributed by atoms with van der Waals surface area (Å²) in [4.78, 5) is 17.8. The van der Waals surface area contributed by atoms with Gasteiger partial charge in [0.25, 0.3) is 0 Å². The van der Waals surface area contributed by atoms with Crippen LogP contribution in [0.3, 0.4) is 0 Å². The number of aromatic nitrogens is 1. The number of benzene rings is 1. The molecule has 3 rings (SSSR count). The first-order valence-corrected chi connectivity index (χ1v) is 6.35. The molecule has 1 aliphatic heterocycles. The Bertz CT molecular complexity index is 597. The smallest absolute Gasteiger partial charge is 0.319 e. The van der Waals surface area contributed by atoms with Gasteiger partial charge >= 0.3 is 6.03 Å². The normalized spacial score (nSPS) is 17.9. The highest BCUT2D eigenvalue weighted by atomic mass is 16.2. The van der Waals surface area contributed by atoms with Crippen LogP contribution in [0.2, 0.25) is 0 Å². The number of carbonyl (C=O) groups is 1. The van der Waals surface area contributed by atoms with Crippen molar-refractivity contribution in [1.29, 1.82) is 0 Å². The number of aryl methyl sites for hydroxylation is 1. The number of nitrogens with zero attached hydrogens (tertiary/aromatic N) is 2.